The van der Waals surface area contributed by atoms with Crippen molar-refractivity contribution in [2.24, 2.45) is 0 Å². The fourth-order valence-corrected chi connectivity index (χ4v) is 5.78. The molecule has 2 aromatic carbocycles. The number of sulfonamides is 1. The third-order valence-electron chi connectivity index (χ3n) is 5.99. The van der Waals surface area contributed by atoms with E-state index in [-0.39, 0.29) is 16.1 Å². The predicted octanol–water partition coefficient (Wildman–Crippen LogP) is 4.60. The van der Waals surface area contributed by atoms with Gasteiger partial charge in [-0.25, -0.2) is 13.2 Å². The highest BCUT2D eigenvalue weighted by molar-refractivity contribution is 7.92. The number of aryl methyl sites for hydroxylation is 1. The van der Waals surface area contributed by atoms with Gasteiger partial charge in [0, 0.05) is 13.1 Å². The molecule has 2 aromatic rings. The number of nitrogens with zero attached hydrogens (tertiary/aromatic N) is 1. The second-order valence-electron chi connectivity index (χ2n) is 8.51. The summed E-state index contributed by atoms with van der Waals surface area (Å²) in [6.45, 7) is 7.75. The quantitative estimate of drug-likeness (QED) is 0.417. The van der Waals surface area contributed by atoms with Crippen molar-refractivity contribution in [3.05, 3.63) is 53.1 Å². The van der Waals surface area contributed by atoms with E-state index in [0.717, 1.165) is 62.9 Å². The Bertz CT molecular complexity index is 1060. The highest BCUT2D eigenvalue weighted by Crippen LogP contribution is 2.32. The predicted molar refractivity (Wildman–Crippen MR) is 133 cm³/mol. The minimum absolute atomic E-state index is 0.0657. The van der Waals surface area contributed by atoms with Crippen molar-refractivity contribution >= 4 is 27.4 Å². The summed E-state index contributed by atoms with van der Waals surface area (Å²) in [5.74, 6) is -1.11. The summed E-state index contributed by atoms with van der Waals surface area (Å²) in [4.78, 5) is 14.5. The molecule has 0 atom stereocenters. The molecule has 0 aliphatic heterocycles. The van der Waals surface area contributed by atoms with Gasteiger partial charge in [0.2, 0.25) is 0 Å². The van der Waals surface area contributed by atoms with Gasteiger partial charge in [-0.05, 0) is 80.9 Å². The summed E-state index contributed by atoms with van der Waals surface area (Å²) in [5.41, 5.74) is 2.43. The number of fused-ring (bicyclic) bond motifs is 1. The van der Waals surface area contributed by atoms with E-state index in [0.29, 0.717) is 18.7 Å². The minimum Gasteiger partial charge on any atom is -0.478 e. The molecule has 7 nitrogen and oxygen atoms in total. The lowest BCUT2D eigenvalue weighted by Crippen LogP contribution is -2.31. The lowest BCUT2D eigenvalue weighted by atomic mass is 9.87. The molecule has 3 rings (SSSR count). The molecule has 1 aliphatic carbocycles. The molecule has 0 bridgehead atoms. The van der Waals surface area contributed by atoms with E-state index < -0.39 is 16.0 Å². The third-order valence-corrected chi connectivity index (χ3v) is 7.41. The molecule has 0 saturated carbocycles. The maximum Gasteiger partial charge on any atom is 0.338 e. The van der Waals surface area contributed by atoms with Crippen LogP contribution in [0, 0.1) is 0 Å². The molecule has 0 radical (unpaired) electrons. The van der Waals surface area contributed by atoms with Crippen molar-refractivity contribution in [1.29, 1.82) is 0 Å². The Morgan fingerprint density at radius 3 is 2.36 bits per heavy atom. The molecule has 0 spiro atoms. The van der Waals surface area contributed by atoms with Gasteiger partial charge in [-0.2, -0.15) is 0 Å². The number of nitrogens with one attached hydrogen (secondary N) is 2. The number of benzene rings is 2. The van der Waals surface area contributed by atoms with Gasteiger partial charge in [-0.3, -0.25) is 4.72 Å². The molecule has 0 aromatic heterocycles. The highest BCUT2D eigenvalue weighted by Gasteiger charge is 2.25. The van der Waals surface area contributed by atoms with Crippen molar-refractivity contribution in [2.45, 2.75) is 57.3 Å². The number of hydrogen-bond acceptors (Lipinski definition) is 5. The van der Waals surface area contributed by atoms with Crippen molar-refractivity contribution in [1.82, 2.24) is 4.90 Å². The molecule has 180 valence electrons. The number of rotatable bonds is 12. The van der Waals surface area contributed by atoms with Crippen LogP contribution < -0.4 is 10.0 Å². The molecule has 8 heteroatoms. The van der Waals surface area contributed by atoms with Gasteiger partial charge in [0.05, 0.1) is 16.9 Å². The Balaban J connectivity index is 1.82. The van der Waals surface area contributed by atoms with Gasteiger partial charge in [0.15, 0.2) is 0 Å². The molecular formula is C25H35N3O4S. The van der Waals surface area contributed by atoms with E-state index >= 15 is 0 Å². The van der Waals surface area contributed by atoms with Crippen LogP contribution in [0.4, 0.5) is 11.4 Å². The van der Waals surface area contributed by atoms with Crippen LogP contribution in [0.15, 0.2) is 41.3 Å². The first kappa shape index (κ1) is 25.1. The summed E-state index contributed by atoms with van der Waals surface area (Å²) in [6, 6.07) is 10.2. The van der Waals surface area contributed by atoms with Crippen LogP contribution in [-0.2, 0) is 22.9 Å². The van der Waals surface area contributed by atoms with Crippen molar-refractivity contribution < 1.29 is 18.3 Å². The Morgan fingerprint density at radius 1 is 0.970 bits per heavy atom. The summed E-state index contributed by atoms with van der Waals surface area (Å²) in [7, 11) is -3.99. The van der Waals surface area contributed by atoms with Gasteiger partial charge < -0.3 is 15.3 Å². The van der Waals surface area contributed by atoms with Gasteiger partial charge in [-0.15, -0.1) is 0 Å². The molecule has 0 saturated heterocycles. The maximum atomic E-state index is 13.3. The molecule has 0 amide bonds. The normalized spacial score (nSPS) is 13.5. The van der Waals surface area contributed by atoms with E-state index in [1.807, 2.05) is 6.07 Å². The fourth-order valence-electron chi connectivity index (χ4n) is 4.52. The molecular weight excluding hydrogens is 438 g/mol. The number of anilines is 2. The average molecular weight is 474 g/mol. The Labute approximate surface area is 197 Å². The summed E-state index contributed by atoms with van der Waals surface area (Å²) in [5, 5.41) is 13.1. The first-order chi connectivity index (χ1) is 15.9. The minimum atomic E-state index is -3.99. The van der Waals surface area contributed by atoms with Gasteiger partial charge in [0.25, 0.3) is 10.0 Å². The van der Waals surface area contributed by atoms with Gasteiger partial charge in [0.1, 0.15) is 4.90 Å². The molecule has 33 heavy (non-hydrogen) atoms. The van der Waals surface area contributed by atoms with Crippen molar-refractivity contribution in [2.75, 3.05) is 36.2 Å². The smallest absolute Gasteiger partial charge is 0.338 e. The number of carboxylic acid groups (broad SMARTS) is 1. The van der Waals surface area contributed by atoms with E-state index in [4.69, 9.17) is 0 Å². The second kappa shape index (κ2) is 11.5. The molecule has 0 heterocycles. The zero-order chi connectivity index (χ0) is 23.8. The number of carboxylic acids is 1. The van der Waals surface area contributed by atoms with Crippen molar-refractivity contribution in [3.63, 3.8) is 0 Å². The zero-order valence-electron chi connectivity index (χ0n) is 19.6. The SMILES string of the molecule is CCCN(CCC)CCNc1ccccc1S(=O)(=O)Nc1ccc2c(c1C(=O)O)CCCC2. The standard InChI is InChI=1S/C25H35N3O4S/c1-3-16-28(17-4-2)18-15-26-21-11-7-8-12-23(21)33(31,32)27-22-14-13-19-9-5-6-10-20(19)24(22)25(29)30/h7-8,11-14,26-27H,3-6,9-10,15-18H2,1-2H3,(H,29,30). The number of hydrogen-bond donors (Lipinski definition) is 3. The molecule has 3 N–H and O–H groups in total. The van der Waals surface area contributed by atoms with E-state index in [1.54, 1.807) is 30.3 Å². The van der Waals surface area contributed by atoms with Crippen LogP contribution in [0.2, 0.25) is 0 Å². The van der Waals surface area contributed by atoms with Crippen LogP contribution >= 0.6 is 0 Å². The average Bonchev–Trinajstić information content (AvgIpc) is 2.79. The Morgan fingerprint density at radius 2 is 1.67 bits per heavy atom. The monoisotopic (exact) mass is 473 g/mol. The van der Waals surface area contributed by atoms with Crippen LogP contribution in [0.25, 0.3) is 0 Å². The summed E-state index contributed by atoms with van der Waals surface area (Å²) in [6.07, 6.45) is 5.54. The summed E-state index contributed by atoms with van der Waals surface area (Å²) < 4.78 is 29.2. The zero-order valence-corrected chi connectivity index (χ0v) is 20.4. The van der Waals surface area contributed by atoms with Crippen molar-refractivity contribution in [3.8, 4) is 0 Å². The fraction of sp³-hybridized carbons (Fsp3) is 0.480. The third kappa shape index (κ3) is 6.26. The van der Waals surface area contributed by atoms with Crippen LogP contribution in [0.5, 0.6) is 0 Å². The lowest BCUT2D eigenvalue weighted by molar-refractivity contribution is 0.0696. The first-order valence-electron chi connectivity index (χ1n) is 11.8. The molecule has 0 unspecified atom stereocenters. The molecule has 0 fully saturated rings. The van der Waals surface area contributed by atoms with Gasteiger partial charge in [-0.1, -0.05) is 32.0 Å². The van der Waals surface area contributed by atoms with Crippen LogP contribution in [-0.4, -0.2) is 50.6 Å². The Kier molecular flexibility index (Phi) is 8.74. The molecule has 1 aliphatic rings. The van der Waals surface area contributed by atoms with Crippen LogP contribution in [0.3, 0.4) is 0 Å². The second-order valence-corrected chi connectivity index (χ2v) is 10.2. The first-order valence-corrected chi connectivity index (χ1v) is 13.3. The summed E-state index contributed by atoms with van der Waals surface area (Å²) >= 11 is 0. The van der Waals surface area contributed by atoms with E-state index in [1.165, 1.54) is 0 Å². The lowest BCUT2D eigenvalue weighted by Gasteiger charge is -2.22. The van der Waals surface area contributed by atoms with Crippen LogP contribution in [0.1, 0.15) is 61.0 Å². The Hall–Kier alpha value is -2.58. The van der Waals surface area contributed by atoms with E-state index in [2.05, 4.69) is 28.8 Å². The number of para-hydroxylation sites is 1. The number of carbonyl (C=O) groups is 1. The largest absolute Gasteiger partial charge is 0.478 e. The number of aromatic carboxylic acids is 1. The topological polar surface area (TPSA) is 98.7 Å². The van der Waals surface area contributed by atoms with E-state index in [9.17, 15) is 18.3 Å². The van der Waals surface area contributed by atoms with Gasteiger partial charge >= 0.3 is 5.97 Å². The maximum absolute atomic E-state index is 13.3. The highest BCUT2D eigenvalue weighted by atomic mass is 32.2.